The molecule has 3 N–H and O–H groups in total. The Morgan fingerprint density at radius 2 is 2.33 bits per heavy atom. The summed E-state index contributed by atoms with van der Waals surface area (Å²) >= 11 is 0. The Bertz CT molecular complexity index is 527. The Hall–Kier alpha value is -1.47. The second-order valence-corrected chi connectivity index (χ2v) is 6.34. The molecule has 7 nitrogen and oxygen atoms in total. The average molecular weight is 295 g/mol. The summed E-state index contributed by atoms with van der Waals surface area (Å²) in [6, 6.07) is -0.243. The van der Waals surface area contributed by atoms with Gasteiger partial charge in [-0.2, -0.15) is 0 Å². The highest BCUT2D eigenvalue weighted by Gasteiger charge is 2.63. The monoisotopic (exact) mass is 295 g/mol. The summed E-state index contributed by atoms with van der Waals surface area (Å²) in [5, 5.41) is 10.8. The van der Waals surface area contributed by atoms with Crippen LogP contribution < -0.4 is 11.1 Å². The normalized spacial score (nSPS) is 28.8. The molecule has 2 rings (SSSR count). The molecule has 1 saturated carbocycles. The van der Waals surface area contributed by atoms with E-state index >= 15 is 0 Å². The molecule has 3 atom stereocenters. The van der Waals surface area contributed by atoms with Crippen LogP contribution in [0.3, 0.4) is 0 Å². The number of nitrogens with two attached hydrogens (primary N) is 1. The van der Waals surface area contributed by atoms with Gasteiger partial charge in [-0.15, -0.1) is 10.2 Å². The topological polar surface area (TPSA) is 95.1 Å². The van der Waals surface area contributed by atoms with Crippen molar-refractivity contribution in [1.82, 2.24) is 20.1 Å². The highest BCUT2D eigenvalue weighted by atomic mass is 16.5. The van der Waals surface area contributed by atoms with Gasteiger partial charge in [-0.3, -0.25) is 4.79 Å². The first-order valence-electron chi connectivity index (χ1n) is 7.29. The van der Waals surface area contributed by atoms with E-state index in [2.05, 4.69) is 15.5 Å². The average Bonchev–Trinajstić information content (AvgIpc) is 2.84. The largest absolute Gasteiger partial charge is 0.378 e. The first-order chi connectivity index (χ1) is 9.74. The number of hydrogen-bond donors (Lipinski definition) is 2. The van der Waals surface area contributed by atoms with Gasteiger partial charge in [0.2, 0.25) is 5.91 Å². The lowest BCUT2D eigenvalue weighted by molar-refractivity contribution is -0.171. The molecule has 1 aromatic heterocycles. The van der Waals surface area contributed by atoms with E-state index in [-0.39, 0.29) is 18.1 Å². The maximum Gasteiger partial charge on any atom is 0.241 e. The molecule has 1 aliphatic rings. The third kappa shape index (κ3) is 2.44. The molecule has 1 fully saturated rings. The van der Waals surface area contributed by atoms with Gasteiger partial charge >= 0.3 is 0 Å². The first-order valence-corrected chi connectivity index (χ1v) is 7.29. The quantitative estimate of drug-likeness (QED) is 0.826. The molecule has 0 saturated heterocycles. The minimum Gasteiger partial charge on any atom is -0.378 e. The highest BCUT2D eigenvalue weighted by molar-refractivity contribution is 5.89. The van der Waals surface area contributed by atoms with Crippen LogP contribution in [-0.2, 0) is 16.6 Å². The Morgan fingerprint density at radius 3 is 2.81 bits per heavy atom. The molecule has 7 heteroatoms. The van der Waals surface area contributed by atoms with E-state index in [9.17, 15) is 4.79 Å². The summed E-state index contributed by atoms with van der Waals surface area (Å²) < 4.78 is 7.43. The van der Waals surface area contributed by atoms with Crippen LogP contribution in [-0.4, -0.2) is 38.9 Å². The third-order valence-corrected chi connectivity index (χ3v) is 4.72. The predicted molar refractivity (Wildman–Crippen MR) is 78.3 cm³/mol. The van der Waals surface area contributed by atoms with Crippen LogP contribution in [0.25, 0.3) is 0 Å². The maximum absolute atomic E-state index is 12.6. The fraction of sp³-hybridized carbons (Fsp3) is 0.786. The van der Waals surface area contributed by atoms with Crippen molar-refractivity contribution in [3.05, 3.63) is 12.2 Å². The zero-order valence-corrected chi connectivity index (χ0v) is 13.4. The fourth-order valence-electron chi connectivity index (χ4n) is 2.89. The lowest BCUT2D eigenvalue weighted by Gasteiger charge is -2.57. The van der Waals surface area contributed by atoms with Crippen LogP contribution in [0.1, 0.15) is 46.0 Å². The van der Waals surface area contributed by atoms with Crippen molar-refractivity contribution in [2.24, 2.45) is 18.2 Å². The molecule has 21 heavy (non-hydrogen) atoms. The van der Waals surface area contributed by atoms with E-state index < -0.39 is 11.0 Å². The van der Waals surface area contributed by atoms with Gasteiger partial charge in [-0.25, -0.2) is 0 Å². The minimum absolute atomic E-state index is 0.0170. The molecule has 1 aliphatic carbocycles. The van der Waals surface area contributed by atoms with Gasteiger partial charge in [0.25, 0.3) is 0 Å². The molecule has 0 spiro atoms. The maximum atomic E-state index is 12.6. The third-order valence-electron chi connectivity index (χ3n) is 4.72. The Morgan fingerprint density at radius 1 is 1.67 bits per heavy atom. The number of aromatic nitrogens is 3. The van der Waals surface area contributed by atoms with E-state index in [4.69, 9.17) is 10.5 Å². The number of nitrogens with zero attached hydrogens (tertiary/aromatic N) is 3. The number of aryl methyl sites for hydroxylation is 1. The van der Waals surface area contributed by atoms with Crippen LogP contribution in [0.4, 0.5) is 0 Å². The lowest BCUT2D eigenvalue weighted by atomic mass is 9.54. The van der Waals surface area contributed by atoms with Gasteiger partial charge in [0, 0.05) is 25.5 Å². The van der Waals surface area contributed by atoms with Crippen molar-refractivity contribution < 1.29 is 9.53 Å². The second kappa shape index (κ2) is 5.38. The summed E-state index contributed by atoms with van der Waals surface area (Å²) in [4.78, 5) is 12.6. The molecule has 0 radical (unpaired) electrons. The van der Waals surface area contributed by atoms with E-state index in [1.807, 2.05) is 34.7 Å². The second-order valence-electron chi connectivity index (χ2n) is 6.34. The number of nitrogens with one attached hydrogen (secondary N) is 1. The lowest BCUT2D eigenvalue weighted by Crippen LogP contribution is -2.75. The van der Waals surface area contributed by atoms with Gasteiger partial charge in [-0.05, 0) is 13.8 Å². The predicted octanol–water partition coefficient (Wildman–Crippen LogP) is 0.525. The van der Waals surface area contributed by atoms with E-state index in [0.717, 1.165) is 0 Å². The van der Waals surface area contributed by atoms with Crippen molar-refractivity contribution in [1.29, 1.82) is 0 Å². The number of rotatable bonds is 5. The number of carbonyl (C=O) groups is 1. The van der Waals surface area contributed by atoms with Gasteiger partial charge in [0.15, 0.2) is 5.82 Å². The van der Waals surface area contributed by atoms with Gasteiger partial charge in [-0.1, -0.05) is 13.8 Å². The van der Waals surface area contributed by atoms with E-state index in [1.54, 1.807) is 10.9 Å². The summed E-state index contributed by atoms with van der Waals surface area (Å²) in [6.45, 7) is 8.40. The number of carbonyl (C=O) groups excluding carboxylic acids is 1. The minimum atomic E-state index is -0.917. The van der Waals surface area contributed by atoms with Crippen LogP contribution in [0.5, 0.6) is 0 Å². The molecular weight excluding hydrogens is 270 g/mol. The molecule has 0 aliphatic heterocycles. The Labute approximate surface area is 125 Å². The van der Waals surface area contributed by atoms with Gasteiger partial charge in [0.1, 0.15) is 11.9 Å². The van der Waals surface area contributed by atoms with Crippen LogP contribution in [0.2, 0.25) is 0 Å². The van der Waals surface area contributed by atoms with Crippen molar-refractivity contribution >= 4 is 5.91 Å². The van der Waals surface area contributed by atoms with Crippen LogP contribution >= 0.6 is 0 Å². The molecule has 1 heterocycles. The summed E-state index contributed by atoms with van der Waals surface area (Å²) in [5.41, 5.74) is 5.04. The van der Waals surface area contributed by atoms with E-state index in [0.29, 0.717) is 18.9 Å². The molecule has 118 valence electrons. The van der Waals surface area contributed by atoms with Crippen molar-refractivity contribution in [3.8, 4) is 0 Å². The Balaban J connectivity index is 2.06. The standard InChI is InChI=1S/C14H25N5O2/c1-6-21-10-7-14(15,13(10,3)4)12(20)17-9(2)11-18-16-8-19(11)5/h8-10H,6-7,15H2,1-5H3,(H,17,20). The van der Waals surface area contributed by atoms with Crippen molar-refractivity contribution in [2.75, 3.05) is 6.61 Å². The molecule has 3 unspecified atom stereocenters. The summed E-state index contributed by atoms with van der Waals surface area (Å²) in [7, 11) is 1.84. The Kier molecular flexibility index (Phi) is 4.08. The molecule has 0 aromatic carbocycles. The highest BCUT2D eigenvalue weighted by Crippen LogP contribution is 2.50. The van der Waals surface area contributed by atoms with Crippen LogP contribution in [0.15, 0.2) is 6.33 Å². The molecular formula is C14H25N5O2. The number of ether oxygens (including phenoxy) is 1. The molecule has 1 amide bonds. The van der Waals surface area contributed by atoms with Crippen LogP contribution in [0, 0.1) is 5.41 Å². The zero-order chi connectivity index (χ0) is 15.8. The fourth-order valence-corrected chi connectivity index (χ4v) is 2.89. The van der Waals surface area contributed by atoms with E-state index in [1.165, 1.54) is 0 Å². The van der Waals surface area contributed by atoms with Crippen molar-refractivity contribution in [2.45, 2.75) is 51.8 Å². The molecule has 1 aromatic rings. The van der Waals surface area contributed by atoms with Gasteiger partial charge in [0.05, 0.1) is 12.1 Å². The number of amides is 1. The van der Waals surface area contributed by atoms with Crippen molar-refractivity contribution in [3.63, 3.8) is 0 Å². The first kappa shape index (κ1) is 15.9. The summed E-state index contributed by atoms with van der Waals surface area (Å²) in [6.07, 6.45) is 2.16. The molecule has 0 bridgehead atoms. The zero-order valence-electron chi connectivity index (χ0n) is 13.4. The number of hydrogen-bond acceptors (Lipinski definition) is 5. The smallest absolute Gasteiger partial charge is 0.241 e. The summed E-state index contributed by atoms with van der Waals surface area (Å²) in [5.74, 6) is 0.532. The SMILES string of the molecule is CCOC1CC(N)(C(=O)NC(C)c2nncn2C)C1(C)C. The van der Waals surface area contributed by atoms with Gasteiger partial charge < -0.3 is 20.4 Å².